The number of phenolic OH excluding ortho intramolecular Hbond substituents is 1. The van der Waals surface area contributed by atoms with Crippen molar-refractivity contribution in [2.75, 3.05) is 0 Å². The Bertz CT molecular complexity index is 1280. The summed E-state index contributed by atoms with van der Waals surface area (Å²) in [5, 5.41) is 15.8. The van der Waals surface area contributed by atoms with Crippen LogP contribution in [0.15, 0.2) is 103 Å². The van der Waals surface area contributed by atoms with E-state index in [1.54, 1.807) is 0 Å². The van der Waals surface area contributed by atoms with Crippen LogP contribution in [0.1, 0.15) is 43.0 Å². The van der Waals surface area contributed by atoms with Crippen LogP contribution in [0.2, 0.25) is 0 Å². The van der Waals surface area contributed by atoms with Gasteiger partial charge in [0.25, 0.3) is 0 Å². The maximum absolute atomic E-state index is 11.4. The number of aryl methyl sites for hydroxylation is 1. The maximum Gasteiger partial charge on any atom is 0.127 e. The summed E-state index contributed by atoms with van der Waals surface area (Å²) >= 11 is 0. The second-order valence-corrected chi connectivity index (χ2v) is 8.13. The number of benzene rings is 5. The van der Waals surface area contributed by atoms with Gasteiger partial charge in [0.2, 0.25) is 0 Å². The molecule has 160 valence electrons. The molecule has 0 aromatic heterocycles. The minimum atomic E-state index is -0.497. The molecule has 0 aliphatic rings. The molecular formula is C31H30O. The van der Waals surface area contributed by atoms with Gasteiger partial charge in [0.15, 0.2) is 0 Å². The normalized spacial score (nSPS) is 12.8. The summed E-state index contributed by atoms with van der Waals surface area (Å²) in [4.78, 5) is 0. The van der Waals surface area contributed by atoms with Gasteiger partial charge in [-0.15, -0.1) is 0 Å². The van der Waals surface area contributed by atoms with Gasteiger partial charge in [0, 0.05) is 16.4 Å². The summed E-state index contributed by atoms with van der Waals surface area (Å²) in [7, 11) is 0. The summed E-state index contributed by atoms with van der Waals surface area (Å²) in [6.45, 7) is 8.42. The van der Waals surface area contributed by atoms with Gasteiger partial charge < -0.3 is 5.11 Å². The van der Waals surface area contributed by atoms with E-state index in [9.17, 15) is 5.11 Å². The number of rotatable bonds is 3. The van der Waals surface area contributed by atoms with Crippen molar-refractivity contribution in [3.8, 4) is 5.75 Å². The molecule has 5 rings (SSSR count). The molecule has 5 aromatic carbocycles. The van der Waals surface area contributed by atoms with Crippen molar-refractivity contribution in [1.29, 1.82) is 0 Å². The fourth-order valence-electron chi connectivity index (χ4n) is 4.85. The van der Waals surface area contributed by atoms with Gasteiger partial charge in [-0.3, -0.25) is 0 Å². The molecule has 5 aromatic rings. The molecule has 0 amide bonds. The lowest BCUT2D eigenvalue weighted by Gasteiger charge is -2.34. The minimum Gasteiger partial charge on any atom is -0.507 e. The number of hydrogen-bond donors (Lipinski definition) is 1. The highest BCUT2D eigenvalue weighted by molar-refractivity contribution is 5.91. The fraction of sp³-hybridized carbons (Fsp3) is 0.161. The van der Waals surface area contributed by atoms with Crippen LogP contribution >= 0.6 is 0 Å². The molecular weight excluding hydrogens is 388 g/mol. The zero-order valence-electron chi connectivity index (χ0n) is 19.3. The molecule has 32 heavy (non-hydrogen) atoms. The second kappa shape index (κ2) is 8.88. The zero-order chi connectivity index (χ0) is 22.7. The largest absolute Gasteiger partial charge is 0.507 e. The first-order chi connectivity index (χ1) is 15.6. The van der Waals surface area contributed by atoms with E-state index in [1.165, 1.54) is 21.9 Å². The maximum atomic E-state index is 11.4. The molecule has 0 radical (unpaired) electrons. The SMILES string of the molecule is CC.Cc1c(C(C)(c2ccccc2)c2ccc3ccccc3c2O)ccc2ccccc12. The third kappa shape index (κ3) is 3.44. The summed E-state index contributed by atoms with van der Waals surface area (Å²) in [5.41, 5.74) is 4.04. The van der Waals surface area contributed by atoms with Crippen LogP contribution in [0, 0.1) is 6.92 Å². The van der Waals surface area contributed by atoms with Crippen molar-refractivity contribution < 1.29 is 5.11 Å². The highest BCUT2D eigenvalue weighted by Gasteiger charge is 2.35. The number of phenols is 1. The monoisotopic (exact) mass is 418 g/mol. The molecule has 0 bridgehead atoms. The van der Waals surface area contributed by atoms with Gasteiger partial charge in [0.05, 0.1) is 0 Å². The third-order valence-corrected chi connectivity index (χ3v) is 6.53. The molecule has 0 saturated carbocycles. The van der Waals surface area contributed by atoms with E-state index in [4.69, 9.17) is 0 Å². The topological polar surface area (TPSA) is 20.2 Å². The lowest BCUT2D eigenvalue weighted by Crippen LogP contribution is -2.26. The quantitative estimate of drug-likeness (QED) is 0.292. The highest BCUT2D eigenvalue weighted by atomic mass is 16.3. The first-order valence-corrected chi connectivity index (χ1v) is 11.4. The molecule has 1 heteroatoms. The first kappa shape index (κ1) is 21.6. The molecule has 1 unspecified atom stereocenters. The molecule has 1 atom stereocenters. The Kier molecular flexibility index (Phi) is 6.01. The Labute approximate surface area is 191 Å². The summed E-state index contributed by atoms with van der Waals surface area (Å²) in [6, 6.07) is 35.6. The average molecular weight is 419 g/mol. The van der Waals surface area contributed by atoms with Crippen LogP contribution in [0.5, 0.6) is 5.75 Å². The molecule has 0 saturated heterocycles. The molecule has 0 fully saturated rings. The van der Waals surface area contributed by atoms with Gasteiger partial charge >= 0.3 is 0 Å². The number of aromatic hydroxyl groups is 1. The molecule has 0 heterocycles. The summed E-state index contributed by atoms with van der Waals surface area (Å²) < 4.78 is 0. The van der Waals surface area contributed by atoms with Crippen LogP contribution in [0.4, 0.5) is 0 Å². The smallest absolute Gasteiger partial charge is 0.127 e. The predicted octanol–water partition coefficient (Wildman–Crippen LogP) is 8.39. The Morgan fingerprint density at radius 3 is 1.72 bits per heavy atom. The van der Waals surface area contributed by atoms with Crippen molar-refractivity contribution in [3.63, 3.8) is 0 Å². The van der Waals surface area contributed by atoms with E-state index >= 15 is 0 Å². The average Bonchev–Trinajstić information content (AvgIpc) is 2.86. The number of hydrogen-bond acceptors (Lipinski definition) is 1. The van der Waals surface area contributed by atoms with Gasteiger partial charge in [-0.25, -0.2) is 0 Å². The van der Waals surface area contributed by atoms with Crippen molar-refractivity contribution in [2.45, 2.75) is 33.1 Å². The molecule has 1 N–H and O–H groups in total. The number of fused-ring (bicyclic) bond motifs is 2. The lowest BCUT2D eigenvalue weighted by molar-refractivity contribution is 0.463. The van der Waals surface area contributed by atoms with Crippen molar-refractivity contribution >= 4 is 21.5 Å². The second-order valence-electron chi connectivity index (χ2n) is 8.13. The summed E-state index contributed by atoms with van der Waals surface area (Å²) in [6.07, 6.45) is 0. The van der Waals surface area contributed by atoms with Gasteiger partial charge in [-0.1, -0.05) is 117 Å². The van der Waals surface area contributed by atoms with Crippen LogP contribution in [-0.2, 0) is 5.41 Å². The predicted molar refractivity (Wildman–Crippen MR) is 138 cm³/mol. The zero-order valence-corrected chi connectivity index (χ0v) is 19.3. The Morgan fingerprint density at radius 1 is 0.562 bits per heavy atom. The summed E-state index contributed by atoms with van der Waals surface area (Å²) in [5.74, 6) is 0.354. The molecule has 0 aliphatic carbocycles. The van der Waals surface area contributed by atoms with E-state index in [-0.39, 0.29) is 0 Å². The molecule has 1 nitrogen and oxygen atoms in total. The standard InChI is InChI=1S/C29H24O.C2H6/c1-20-24-14-8-6-10-21(24)16-18-26(20)29(2,23-12-4-3-5-13-23)27-19-17-22-11-7-9-15-25(22)28(27)30;1-2/h3-19,30H,1-2H3;1-2H3. The molecule has 0 aliphatic heterocycles. The van der Waals surface area contributed by atoms with E-state index in [0.29, 0.717) is 5.75 Å². The van der Waals surface area contributed by atoms with E-state index in [1.807, 2.05) is 44.2 Å². The Morgan fingerprint density at radius 2 is 1.06 bits per heavy atom. The lowest BCUT2D eigenvalue weighted by atomic mass is 9.68. The van der Waals surface area contributed by atoms with Gasteiger partial charge in [-0.05, 0) is 46.7 Å². The van der Waals surface area contributed by atoms with Crippen LogP contribution < -0.4 is 0 Å². The molecule has 0 spiro atoms. The van der Waals surface area contributed by atoms with Crippen molar-refractivity contribution in [3.05, 3.63) is 125 Å². The minimum absolute atomic E-state index is 0.354. The van der Waals surface area contributed by atoms with E-state index in [0.717, 1.165) is 21.9 Å². The van der Waals surface area contributed by atoms with Crippen LogP contribution in [-0.4, -0.2) is 5.11 Å². The van der Waals surface area contributed by atoms with Crippen molar-refractivity contribution in [2.24, 2.45) is 0 Å². The fourth-order valence-corrected chi connectivity index (χ4v) is 4.85. The van der Waals surface area contributed by atoms with Gasteiger partial charge in [0.1, 0.15) is 5.75 Å². The van der Waals surface area contributed by atoms with E-state index < -0.39 is 5.41 Å². The van der Waals surface area contributed by atoms with Crippen LogP contribution in [0.3, 0.4) is 0 Å². The first-order valence-electron chi connectivity index (χ1n) is 11.4. The highest BCUT2D eigenvalue weighted by Crippen LogP contribution is 2.46. The van der Waals surface area contributed by atoms with Crippen molar-refractivity contribution in [1.82, 2.24) is 0 Å². The third-order valence-electron chi connectivity index (χ3n) is 6.53. The van der Waals surface area contributed by atoms with Crippen LogP contribution in [0.25, 0.3) is 21.5 Å². The van der Waals surface area contributed by atoms with Gasteiger partial charge in [-0.2, -0.15) is 0 Å². The Hall–Kier alpha value is -3.58. The van der Waals surface area contributed by atoms with E-state index in [2.05, 4.69) is 86.6 Å². The Balaban J connectivity index is 0.00000119.